The zero-order chi connectivity index (χ0) is 21.8. The first-order chi connectivity index (χ1) is 14.4. The Kier molecular flexibility index (Phi) is 7.00. The van der Waals surface area contributed by atoms with E-state index in [1.807, 2.05) is 0 Å². The average molecular weight is 431 g/mol. The maximum Gasteiger partial charge on any atom is 0.290 e. The number of furan rings is 1. The Morgan fingerprint density at radius 2 is 1.83 bits per heavy atom. The molecule has 0 radical (unpaired) electrons. The first-order valence-electron chi connectivity index (χ1n) is 10.2. The molecule has 1 amide bonds. The largest absolute Gasteiger partial charge is 0.503 e. The summed E-state index contributed by atoms with van der Waals surface area (Å²) in [4.78, 5) is 29.9. The van der Waals surface area contributed by atoms with Gasteiger partial charge in [0.15, 0.2) is 11.5 Å². The van der Waals surface area contributed by atoms with Crippen LogP contribution in [-0.2, 0) is 4.79 Å². The molecule has 1 N–H and O–H groups in total. The van der Waals surface area contributed by atoms with Gasteiger partial charge in [0, 0.05) is 11.6 Å². The van der Waals surface area contributed by atoms with Crippen LogP contribution in [0.1, 0.15) is 48.2 Å². The second-order valence-corrected chi connectivity index (χ2v) is 7.77. The van der Waals surface area contributed by atoms with Crippen LogP contribution in [-0.4, -0.2) is 52.8 Å². The lowest BCUT2D eigenvalue weighted by molar-refractivity contribution is -0.129. The lowest BCUT2D eigenvalue weighted by atomic mass is 9.95. The summed E-state index contributed by atoms with van der Waals surface area (Å²) in [7, 11) is 0. The fraction of sp³-hybridized carbons (Fsp3) is 0.391. The quantitative estimate of drug-likeness (QED) is 0.590. The van der Waals surface area contributed by atoms with Crippen LogP contribution in [0, 0.1) is 6.92 Å². The predicted octanol–water partition coefficient (Wildman–Crippen LogP) is 4.55. The molecule has 1 aliphatic rings. The second-order valence-electron chi connectivity index (χ2n) is 7.33. The summed E-state index contributed by atoms with van der Waals surface area (Å²) in [5.41, 5.74) is 0.755. The van der Waals surface area contributed by atoms with E-state index in [2.05, 4.69) is 18.7 Å². The van der Waals surface area contributed by atoms with Gasteiger partial charge in [-0.15, -0.1) is 0 Å². The van der Waals surface area contributed by atoms with Crippen molar-refractivity contribution in [2.45, 2.75) is 33.2 Å². The molecule has 2 aromatic rings. The summed E-state index contributed by atoms with van der Waals surface area (Å²) < 4.78 is 5.47. The van der Waals surface area contributed by atoms with Gasteiger partial charge in [0.1, 0.15) is 5.76 Å². The fourth-order valence-electron chi connectivity index (χ4n) is 3.80. The monoisotopic (exact) mass is 430 g/mol. The third-order valence-corrected chi connectivity index (χ3v) is 5.72. The minimum atomic E-state index is -0.690. The van der Waals surface area contributed by atoms with Crippen molar-refractivity contribution < 1.29 is 19.1 Å². The maximum absolute atomic E-state index is 13.2. The van der Waals surface area contributed by atoms with E-state index in [0.717, 1.165) is 26.1 Å². The van der Waals surface area contributed by atoms with Crippen molar-refractivity contribution in [3.8, 4) is 0 Å². The summed E-state index contributed by atoms with van der Waals surface area (Å²) in [6.07, 6.45) is 0.728. The number of hydrogen-bond donors (Lipinski definition) is 1. The van der Waals surface area contributed by atoms with Gasteiger partial charge in [0.05, 0.1) is 11.6 Å². The molecule has 0 saturated heterocycles. The highest BCUT2D eigenvalue weighted by Gasteiger charge is 2.44. The van der Waals surface area contributed by atoms with Gasteiger partial charge in [0.25, 0.3) is 5.91 Å². The van der Waals surface area contributed by atoms with Gasteiger partial charge in [-0.25, -0.2) is 0 Å². The van der Waals surface area contributed by atoms with E-state index in [0.29, 0.717) is 22.9 Å². The number of benzene rings is 1. The highest BCUT2D eigenvalue weighted by Crippen LogP contribution is 2.39. The van der Waals surface area contributed by atoms with Gasteiger partial charge in [-0.1, -0.05) is 37.6 Å². The molecule has 3 rings (SSSR count). The molecule has 7 heteroatoms. The van der Waals surface area contributed by atoms with Crippen LogP contribution < -0.4 is 0 Å². The normalized spacial score (nSPS) is 16.8. The number of aryl methyl sites for hydroxylation is 1. The molecule has 0 unspecified atom stereocenters. The van der Waals surface area contributed by atoms with E-state index in [-0.39, 0.29) is 11.3 Å². The first kappa shape index (κ1) is 22.1. The van der Waals surface area contributed by atoms with E-state index in [1.165, 1.54) is 0 Å². The summed E-state index contributed by atoms with van der Waals surface area (Å²) >= 11 is 6.03. The van der Waals surface area contributed by atoms with Crippen molar-refractivity contribution in [2.24, 2.45) is 0 Å². The zero-order valence-corrected chi connectivity index (χ0v) is 18.3. The molecule has 2 heterocycles. The number of rotatable bonds is 9. The van der Waals surface area contributed by atoms with E-state index in [9.17, 15) is 14.7 Å². The van der Waals surface area contributed by atoms with E-state index in [1.54, 1.807) is 48.2 Å². The molecule has 1 aromatic heterocycles. The van der Waals surface area contributed by atoms with Gasteiger partial charge >= 0.3 is 0 Å². The predicted molar refractivity (Wildman–Crippen MR) is 116 cm³/mol. The maximum atomic E-state index is 13.2. The van der Waals surface area contributed by atoms with Crippen molar-refractivity contribution in [2.75, 3.05) is 26.2 Å². The molecule has 0 saturated carbocycles. The first-order valence-corrected chi connectivity index (χ1v) is 10.6. The number of carbonyl (C=O) groups excluding carboxylic acids is 2. The van der Waals surface area contributed by atoms with Gasteiger partial charge < -0.3 is 19.3 Å². The van der Waals surface area contributed by atoms with Crippen molar-refractivity contribution in [3.05, 3.63) is 69.8 Å². The number of halogens is 1. The lowest BCUT2D eigenvalue weighted by Gasteiger charge is -2.28. The summed E-state index contributed by atoms with van der Waals surface area (Å²) in [5, 5.41) is 11.2. The van der Waals surface area contributed by atoms with Crippen LogP contribution in [0.4, 0.5) is 0 Å². The number of nitrogens with zero attached hydrogens (tertiary/aromatic N) is 2. The van der Waals surface area contributed by atoms with Gasteiger partial charge in [-0.05, 0) is 62.8 Å². The highest BCUT2D eigenvalue weighted by molar-refractivity contribution is 6.30. The van der Waals surface area contributed by atoms with Crippen LogP contribution in [0.2, 0.25) is 5.02 Å². The van der Waals surface area contributed by atoms with Gasteiger partial charge in [-0.3, -0.25) is 9.59 Å². The Hall–Kier alpha value is -2.57. The number of aliphatic hydroxyl groups is 1. The third kappa shape index (κ3) is 4.45. The third-order valence-electron chi connectivity index (χ3n) is 5.47. The standard InChI is InChI=1S/C23H27ClN2O4/c1-4-25(5-2)13-6-14-26-20(16-8-10-17(24)11-9-16)19(22(28)23(26)29)21(27)18-12-7-15(3)30-18/h7-12,20,28H,4-6,13-14H2,1-3H3/t20-/m1/s1. The molecule has 0 spiro atoms. The number of amides is 1. The molecular formula is C23H27ClN2O4. The molecule has 6 nitrogen and oxygen atoms in total. The van der Waals surface area contributed by atoms with Gasteiger partial charge in [-0.2, -0.15) is 0 Å². The SMILES string of the molecule is CCN(CC)CCCN1C(=O)C(O)=C(C(=O)c2ccc(C)o2)[C@H]1c1ccc(Cl)cc1. The number of aliphatic hydroxyl groups excluding tert-OH is 1. The Bertz CT molecular complexity index is 944. The van der Waals surface area contributed by atoms with E-state index in [4.69, 9.17) is 16.0 Å². The minimum absolute atomic E-state index is 0.0412. The van der Waals surface area contributed by atoms with Crippen molar-refractivity contribution in [1.82, 2.24) is 9.80 Å². The van der Waals surface area contributed by atoms with Gasteiger partial charge in [0.2, 0.25) is 5.78 Å². The average Bonchev–Trinajstić information content (AvgIpc) is 3.28. The van der Waals surface area contributed by atoms with Crippen molar-refractivity contribution >= 4 is 23.3 Å². The molecular weight excluding hydrogens is 404 g/mol. The number of Topliss-reactive ketones (excluding diaryl/α,β-unsaturated/α-hetero) is 1. The Labute approximate surface area is 181 Å². The topological polar surface area (TPSA) is 74.0 Å². The second kappa shape index (κ2) is 9.49. The van der Waals surface area contributed by atoms with E-state index >= 15 is 0 Å². The Morgan fingerprint density at radius 1 is 1.17 bits per heavy atom. The molecule has 30 heavy (non-hydrogen) atoms. The van der Waals surface area contributed by atoms with Crippen LogP contribution in [0.15, 0.2) is 52.1 Å². The van der Waals surface area contributed by atoms with Crippen LogP contribution in [0.25, 0.3) is 0 Å². The summed E-state index contributed by atoms with van der Waals surface area (Å²) in [6, 6.07) is 9.52. The zero-order valence-electron chi connectivity index (χ0n) is 17.5. The molecule has 1 aliphatic heterocycles. The molecule has 0 aliphatic carbocycles. The molecule has 160 valence electrons. The minimum Gasteiger partial charge on any atom is -0.503 e. The number of ketones is 1. The number of hydrogen-bond acceptors (Lipinski definition) is 5. The fourth-order valence-corrected chi connectivity index (χ4v) is 3.93. The van der Waals surface area contributed by atoms with Crippen LogP contribution >= 0.6 is 11.6 Å². The summed E-state index contributed by atoms with van der Waals surface area (Å²) in [5.74, 6) is -0.856. The molecule has 1 aromatic carbocycles. The molecule has 0 bridgehead atoms. The van der Waals surface area contributed by atoms with Crippen molar-refractivity contribution in [1.29, 1.82) is 0 Å². The van der Waals surface area contributed by atoms with Crippen molar-refractivity contribution in [3.63, 3.8) is 0 Å². The van der Waals surface area contributed by atoms with Crippen LogP contribution in [0.3, 0.4) is 0 Å². The van der Waals surface area contributed by atoms with E-state index < -0.39 is 23.5 Å². The Morgan fingerprint density at radius 3 is 2.40 bits per heavy atom. The molecule has 1 atom stereocenters. The molecule has 0 fully saturated rings. The van der Waals surface area contributed by atoms with Crippen LogP contribution in [0.5, 0.6) is 0 Å². The highest BCUT2D eigenvalue weighted by atomic mass is 35.5. The Balaban J connectivity index is 1.94. The smallest absolute Gasteiger partial charge is 0.290 e. The lowest BCUT2D eigenvalue weighted by Crippen LogP contribution is -2.34. The summed E-state index contributed by atoms with van der Waals surface area (Å²) in [6.45, 7) is 9.02. The number of carbonyl (C=O) groups is 2.